The van der Waals surface area contributed by atoms with Crippen LogP contribution in [0.2, 0.25) is 0 Å². The zero-order valence-corrected chi connectivity index (χ0v) is 19.0. The summed E-state index contributed by atoms with van der Waals surface area (Å²) in [4.78, 5) is 11.3. The monoisotopic (exact) mass is 450 g/mol. The van der Waals surface area contributed by atoms with Crippen LogP contribution >= 0.6 is 0 Å². The zero-order valence-electron chi connectivity index (χ0n) is 18.2. The average Bonchev–Trinajstić information content (AvgIpc) is 3.22. The number of nitrogens with zero attached hydrogens (tertiary/aromatic N) is 4. The first kappa shape index (κ1) is 20.9. The number of aromatic nitrogens is 2. The van der Waals surface area contributed by atoms with Gasteiger partial charge in [0.05, 0.1) is 4.90 Å². The van der Waals surface area contributed by atoms with Crippen LogP contribution in [0.5, 0.6) is 0 Å². The van der Waals surface area contributed by atoms with E-state index in [-0.39, 0.29) is 0 Å². The molecule has 0 aliphatic carbocycles. The third-order valence-electron chi connectivity index (χ3n) is 6.38. The topological polar surface area (TPSA) is 79.5 Å². The first-order valence-electron chi connectivity index (χ1n) is 11.0. The van der Waals surface area contributed by atoms with Gasteiger partial charge in [-0.2, -0.15) is 4.31 Å². The van der Waals surface area contributed by atoms with Crippen molar-refractivity contribution in [3.8, 4) is 0 Å². The van der Waals surface area contributed by atoms with Gasteiger partial charge in [0, 0.05) is 31.6 Å². The third-order valence-corrected chi connectivity index (χ3v) is 8.29. The van der Waals surface area contributed by atoms with E-state index in [1.165, 1.54) is 0 Å². The SMILES string of the molecule is CC[C@H](C)c1ccc(S(=O)(=O)N2CCN(c3ncnc4c3oc3ccccc34)CC2)cc1. The molecule has 2 aromatic heterocycles. The van der Waals surface area contributed by atoms with Crippen LogP contribution in [-0.4, -0.2) is 48.9 Å². The second-order valence-electron chi connectivity index (χ2n) is 8.24. The number of anilines is 1. The predicted octanol–water partition coefficient (Wildman–Crippen LogP) is 4.40. The van der Waals surface area contributed by atoms with E-state index in [0.717, 1.165) is 28.5 Å². The average molecular weight is 451 g/mol. The van der Waals surface area contributed by atoms with Crippen molar-refractivity contribution in [1.29, 1.82) is 0 Å². The predicted molar refractivity (Wildman–Crippen MR) is 125 cm³/mol. The molecule has 1 aliphatic heterocycles. The molecule has 1 saturated heterocycles. The molecule has 3 heterocycles. The lowest BCUT2D eigenvalue weighted by molar-refractivity contribution is 0.383. The first-order chi connectivity index (χ1) is 15.5. The van der Waals surface area contributed by atoms with Crippen LogP contribution in [-0.2, 0) is 10.0 Å². The molecule has 0 unspecified atom stereocenters. The van der Waals surface area contributed by atoms with E-state index < -0.39 is 10.0 Å². The zero-order chi connectivity index (χ0) is 22.3. The van der Waals surface area contributed by atoms with Crippen molar-refractivity contribution < 1.29 is 12.8 Å². The summed E-state index contributed by atoms with van der Waals surface area (Å²) in [6, 6.07) is 15.1. The van der Waals surface area contributed by atoms with Gasteiger partial charge in [-0.05, 0) is 42.2 Å². The fraction of sp³-hybridized carbons (Fsp3) is 0.333. The Bertz CT molecular complexity index is 1360. The Labute approximate surface area is 187 Å². The van der Waals surface area contributed by atoms with Gasteiger partial charge in [-0.1, -0.05) is 38.1 Å². The second kappa shape index (κ2) is 8.18. The molecule has 4 aromatic rings. The van der Waals surface area contributed by atoms with E-state index in [4.69, 9.17) is 4.42 Å². The van der Waals surface area contributed by atoms with Gasteiger partial charge in [0.1, 0.15) is 17.4 Å². The van der Waals surface area contributed by atoms with E-state index in [1.54, 1.807) is 22.8 Å². The Morgan fingerprint density at radius 1 is 1.00 bits per heavy atom. The number of rotatable bonds is 5. The maximum Gasteiger partial charge on any atom is 0.243 e. The maximum absolute atomic E-state index is 13.2. The normalized spacial score (nSPS) is 16.6. The van der Waals surface area contributed by atoms with E-state index >= 15 is 0 Å². The summed E-state index contributed by atoms with van der Waals surface area (Å²) < 4.78 is 33.9. The van der Waals surface area contributed by atoms with E-state index in [0.29, 0.717) is 48.4 Å². The highest BCUT2D eigenvalue weighted by atomic mass is 32.2. The number of benzene rings is 2. The van der Waals surface area contributed by atoms with Crippen molar-refractivity contribution in [2.75, 3.05) is 31.1 Å². The van der Waals surface area contributed by atoms with Gasteiger partial charge in [-0.25, -0.2) is 18.4 Å². The lowest BCUT2D eigenvalue weighted by Gasteiger charge is -2.34. The summed E-state index contributed by atoms with van der Waals surface area (Å²) in [6.45, 7) is 6.13. The molecule has 1 atom stereocenters. The molecule has 1 aliphatic rings. The number of para-hydroxylation sites is 1. The Morgan fingerprint density at radius 3 is 2.44 bits per heavy atom. The Hall–Kier alpha value is -2.97. The molecule has 32 heavy (non-hydrogen) atoms. The van der Waals surface area contributed by atoms with Crippen molar-refractivity contribution in [3.05, 3.63) is 60.4 Å². The molecule has 0 radical (unpaired) electrons. The van der Waals surface area contributed by atoms with Crippen molar-refractivity contribution >= 4 is 37.9 Å². The Balaban J connectivity index is 1.36. The lowest BCUT2D eigenvalue weighted by Crippen LogP contribution is -2.49. The van der Waals surface area contributed by atoms with Crippen LogP contribution in [0.3, 0.4) is 0 Å². The molecule has 1 fully saturated rings. The molecule has 8 heteroatoms. The maximum atomic E-state index is 13.2. The molecule has 2 aromatic carbocycles. The molecule has 0 amide bonds. The summed E-state index contributed by atoms with van der Waals surface area (Å²) in [5.74, 6) is 1.12. The van der Waals surface area contributed by atoms with E-state index in [2.05, 4.69) is 28.7 Å². The minimum Gasteiger partial charge on any atom is -0.450 e. The summed E-state index contributed by atoms with van der Waals surface area (Å²) in [5, 5.41) is 0.952. The summed E-state index contributed by atoms with van der Waals surface area (Å²) >= 11 is 0. The molecule has 5 rings (SSSR count). The van der Waals surface area contributed by atoms with Crippen LogP contribution in [0.25, 0.3) is 22.1 Å². The first-order valence-corrected chi connectivity index (χ1v) is 12.4. The van der Waals surface area contributed by atoms with Gasteiger partial charge < -0.3 is 9.32 Å². The van der Waals surface area contributed by atoms with Gasteiger partial charge in [0.25, 0.3) is 0 Å². The largest absolute Gasteiger partial charge is 0.450 e. The number of hydrogen-bond acceptors (Lipinski definition) is 6. The van der Waals surface area contributed by atoms with Crippen molar-refractivity contribution in [3.63, 3.8) is 0 Å². The Morgan fingerprint density at radius 2 is 1.72 bits per heavy atom. The van der Waals surface area contributed by atoms with Crippen LogP contribution in [0.4, 0.5) is 5.82 Å². The van der Waals surface area contributed by atoms with Gasteiger partial charge >= 0.3 is 0 Å². The lowest BCUT2D eigenvalue weighted by atomic mass is 9.99. The van der Waals surface area contributed by atoms with E-state index in [9.17, 15) is 8.42 Å². The van der Waals surface area contributed by atoms with Crippen molar-refractivity contribution in [1.82, 2.24) is 14.3 Å². The number of piperazine rings is 1. The van der Waals surface area contributed by atoms with Crippen molar-refractivity contribution in [2.45, 2.75) is 31.1 Å². The minimum absolute atomic E-state index is 0.347. The molecule has 0 saturated carbocycles. The van der Waals surface area contributed by atoms with Crippen molar-refractivity contribution in [2.24, 2.45) is 0 Å². The molecule has 0 spiro atoms. The van der Waals surface area contributed by atoms with Gasteiger partial charge in [-0.3, -0.25) is 0 Å². The highest BCUT2D eigenvalue weighted by molar-refractivity contribution is 7.89. The minimum atomic E-state index is -3.53. The number of sulfonamides is 1. The smallest absolute Gasteiger partial charge is 0.243 e. The van der Waals surface area contributed by atoms with Crippen LogP contribution in [0.15, 0.2) is 64.2 Å². The fourth-order valence-corrected chi connectivity index (χ4v) is 5.65. The molecular formula is C24H26N4O3S. The van der Waals surface area contributed by atoms with Crippen LogP contribution in [0.1, 0.15) is 31.7 Å². The second-order valence-corrected chi connectivity index (χ2v) is 10.2. The van der Waals surface area contributed by atoms with Gasteiger partial charge in [0.15, 0.2) is 11.4 Å². The number of hydrogen-bond donors (Lipinski definition) is 0. The van der Waals surface area contributed by atoms with Gasteiger partial charge in [-0.15, -0.1) is 0 Å². The quantitative estimate of drug-likeness (QED) is 0.448. The molecule has 0 N–H and O–H groups in total. The number of fused-ring (bicyclic) bond motifs is 3. The highest BCUT2D eigenvalue weighted by Gasteiger charge is 2.30. The van der Waals surface area contributed by atoms with Crippen LogP contribution in [0, 0.1) is 0 Å². The highest BCUT2D eigenvalue weighted by Crippen LogP contribution is 2.33. The van der Waals surface area contributed by atoms with Crippen LogP contribution < -0.4 is 4.90 Å². The fourth-order valence-electron chi connectivity index (χ4n) is 4.23. The number of furan rings is 1. The third kappa shape index (κ3) is 3.53. The standard InChI is InChI=1S/C24H26N4O3S/c1-3-17(2)18-8-10-19(11-9-18)32(29,30)28-14-12-27(13-15-28)24-23-22(25-16-26-24)20-6-4-5-7-21(20)31-23/h4-11,16-17H,3,12-15H2,1-2H3/t17-/m0/s1. The summed E-state index contributed by atoms with van der Waals surface area (Å²) in [6.07, 6.45) is 2.57. The molecule has 7 nitrogen and oxygen atoms in total. The molecular weight excluding hydrogens is 424 g/mol. The van der Waals surface area contributed by atoms with Gasteiger partial charge in [0.2, 0.25) is 10.0 Å². The van der Waals surface area contributed by atoms with E-state index in [1.807, 2.05) is 36.4 Å². The summed E-state index contributed by atoms with van der Waals surface area (Å²) in [5.41, 5.74) is 3.36. The Kier molecular flexibility index (Phi) is 5.35. The molecule has 166 valence electrons. The summed E-state index contributed by atoms with van der Waals surface area (Å²) in [7, 11) is -3.53. The molecule has 0 bridgehead atoms.